The van der Waals surface area contributed by atoms with Gasteiger partial charge < -0.3 is 9.73 Å². The van der Waals surface area contributed by atoms with E-state index in [4.69, 9.17) is 4.42 Å². The first-order valence-corrected chi connectivity index (χ1v) is 7.26. The molecule has 9 heteroatoms. The Morgan fingerprint density at radius 3 is 2.46 bits per heavy atom. The lowest BCUT2D eigenvalue weighted by molar-refractivity contribution is -0.394. The van der Waals surface area contributed by atoms with Crippen LogP contribution >= 0.6 is 0 Å². The molecule has 0 radical (unpaired) electrons. The van der Waals surface area contributed by atoms with Crippen LogP contribution in [0.15, 0.2) is 34.9 Å². The van der Waals surface area contributed by atoms with Gasteiger partial charge in [-0.1, -0.05) is 0 Å². The molecule has 1 amide bonds. The van der Waals surface area contributed by atoms with Crippen LogP contribution in [0.1, 0.15) is 40.6 Å². The Labute approximate surface area is 135 Å². The Bertz CT molecular complexity index is 796. The monoisotopic (exact) mass is 331 g/mol. The van der Waals surface area contributed by atoms with Crippen LogP contribution in [-0.4, -0.2) is 15.8 Å². The maximum absolute atomic E-state index is 12.4. The number of nitro groups is 2. The number of non-ortho nitro benzene ring substituents is 2. The molecule has 0 aliphatic heterocycles. The van der Waals surface area contributed by atoms with E-state index in [2.05, 4.69) is 5.32 Å². The van der Waals surface area contributed by atoms with Gasteiger partial charge in [0.05, 0.1) is 33.8 Å². The van der Waals surface area contributed by atoms with Crippen molar-refractivity contribution in [3.63, 3.8) is 0 Å². The van der Waals surface area contributed by atoms with Gasteiger partial charge in [-0.05, 0) is 18.9 Å². The third-order valence-corrected chi connectivity index (χ3v) is 3.94. The Balaban J connectivity index is 1.88. The van der Waals surface area contributed by atoms with Crippen molar-refractivity contribution in [3.8, 4) is 0 Å². The van der Waals surface area contributed by atoms with Gasteiger partial charge in [0.15, 0.2) is 0 Å². The van der Waals surface area contributed by atoms with Crippen LogP contribution in [-0.2, 0) is 6.42 Å². The highest BCUT2D eigenvalue weighted by atomic mass is 16.6. The molecule has 1 atom stereocenters. The Morgan fingerprint density at radius 1 is 1.17 bits per heavy atom. The summed E-state index contributed by atoms with van der Waals surface area (Å²) in [5.41, 5.74) is -0.245. The van der Waals surface area contributed by atoms with Crippen molar-refractivity contribution in [3.05, 3.63) is 67.6 Å². The standard InChI is InChI=1S/C15H13N3O6/c19-15(16-13-2-1-3-14-12(13)4-5-24-14)9-6-10(17(20)21)8-11(7-9)18(22)23/h4-8,13H,1-3H2,(H,16,19). The molecule has 0 spiro atoms. The topological polar surface area (TPSA) is 129 Å². The molecule has 1 aromatic heterocycles. The number of amides is 1. The average Bonchev–Trinajstić information content (AvgIpc) is 3.04. The third-order valence-electron chi connectivity index (χ3n) is 3.94. The molecule has 24 heavy (non-hydrogen) atoms. The van der Waals surface area contributed by atoms with Gasteiger partial charge in [-0.25, -0.2) is 0 Å². The van der Waals surface area contributed by atoms with E-state index < -0.39 is 27.1 Å². The highest BCUT2D eigenvalue weighted by Crippen LogP contribution is 2.31. The predicted octanol–water partition coefficient (Wildman–Crippen LogP) is 2.90. The molecule has 0 saturated heterocycles. The van der Waals surface area contributed by atoms with Crippen molar-refractivity contribution >= 4 is 17.3 Å². The van der Waals surface area contributed by atoms with Crippen molar-refractivity contribution in [2.75, 3.05) is 0 Å². The Morgan fingerprint density at radius 2 is 1.83 bits per heavy atom. The summed E-state index contributed by atoms with van der Waals surface area (Å²) >= 11 is 0. The first-order chi connectivity index (χ1) is 11.5. The van der Waals surface area contributed by atoms with E-state index in [1.807, 2.05) is 0 Å². The summed E-state index contributed by atoms with van der Waals surface area (Å²) in [6.07, 6.45) is 3.88. The highest BCUT2D eigenvalue weighted by molar-refractivity contribution is 5.95. The van der Waals surface area contributed by atoms with Crippen LogP contribution in [0.4, 0.5) is 11.4 Å². The third kappa shape index (κ3) is 2.96. The van der Waals surface area contributed by atoms with Crippen molar-refractivity contribution in [1.29, 1.82) is 0 Å². The lowest BCUT2D eigenvalue weighted by atomic mass is 9.93. The van der Waals surface area contributed by atoms with Gasteiger partial charge in [0.1, 0.15) is 5.76 Å². The van der Waals surface area contributed by atoms with E-state index in [0.29, 0.717) is 6.42 Å². The zero-order valence-electron chi connectivity index (χ0n) is 12.4. The van der Waals surface area contributed by atoms with Gasteiger partial charge >= 0.3 is 0 Å². The maximum Gasteiger partial charge on any atom is 0.277 e. The van der Waals surface area contributed by atoms with Crippen LogP contribution in [0, 0.1) is 20.2 Å². The molecular formula is C15H13N3O6. The molecule has 0 fully saturated rings. The van der Waals surface area contributed by atoms with Crippen LogP contribution in [0.25, 0.3) is 0 Å². The predicted molar refractivity (Wildman–Crippen MR) is 81.6 cm³/mol. The van der Waals surface area contributed by atoms with E-state index in [0.717, 1.165) is 42.4 Å². The van der Waals surface area contributed by atoms with Gasteiger partial charge in [-0.3, -0.25) is 25.0 Å². The molecule has 3 rings (SSSR count). The molecule has 9 nitrogen and oxygen atoms in total. The SMILES string of the molecule is O=C(NC1CCCc2occc21)c1cc([N+](=O)[O-])cc([N+](=O)[O-])c1. The fourth-order valence-corrected chi connectivity index (χ4v) is 2.82. The summed E-state index contributed by atoms with van der Waals surface area (Å²) in [5.74, 6) is 0.206. The number of nitro benzene ring substituents is 2. The number of fused-ring (bicyclic) bond motifs is 1. The average molecular weight is 331 g/mol. The minimum Gasteiger partial charge on any atom is -0.469 e. The molecule has 0 bridgehead atoms. The van der Waals surface area contributed by atoms with E-state index in [-0.39, 0.29) is 11.6 Å². The summed E-state index contributed by atoms with van der Waals surface area (Å²) in [7, 11) is 0. The summed E-state index contributed by atoms with van der Waals surface area (Å²) in [5, 5.41) is 24.6. The van der Waals surface area contributed by atoms with E-state index in [9.17, 15) is 25.0 Å². The second kappa shape index (κ2) is 6.11. The molecular weight excluding hydrogens is 318 g/mol. The minimum atomic E-state index is -0.765. The van der Waals surface area contributed by atoms with Gasteiger partial charge in [0.25, 0.3) is 17.3 Å². The zero-order valence-corrected chi connectivity index (χ0v) is 12.4. The van der Waals surface area contributed by atoms with Crippen LogP contribution in [0.3, 0.4) is 0 Å². The van der Waals surface area contributed by atoms with Crippen molar-refractivity contribution in [2.45, 2.75) is 25.3 Å². The van der Waals surface area contributed by atoms with E-state index in [1.54, 1.807) is 12.3 Å². The molecule has 1 aromatic carbocycles. The summed E-state index contributed by atoms with van der Waals surface area (Å²) in [6.45, 7) is 0. The van der Waals surface area contributed by atoms with Gasteiger partial charge in [-0.2, -0.15) is 0 Å². The second-order valence-electron chi connectivity index (χ2n) is 5.47. The number of rotatable bonds is 4. The van der Waals surface area contributed by atoms with E-state index >= 15 is 0 Å². The highest BCUT2D eigenvalue weighted by Gasteiger charge is 2.26. The molecule has 1 heterocycles. The number of carbonyl (C=O) groups excluding carboxylic acids is 1. The number of hydrogen-bond acceptors (Lipinski definition) is 6. The number of aryl methyl sites for hydroxylation is 1. The molecule has 1 N–H and O–H groups in total. The normalized spacial score (nSPS) is 16.2. The summed E-state index contributed by atoms with van der Waals surface area (Å²) in [4.78, 5) is 32.7. The zero-order chi connectivity index (χ0) is 17.3. The van der Waals surface area contributed by atoms with Crippen LogP contribution < -0.4 is 5.32 Å². The Kier molecular flexibility index (Phi) is 3.98. The largest absolute Gasteiger partial charge is 0.469 e. The lowest BCUT2D eigenvalue weighted by Crippen LogP contribution is -2.30. The first-order valence-electron chi connectivity index (χ1n) is 7.26. The number of nitrogens with one attached hydrogen (secondary N) is 1. The number of carbonyl (C=O) groups is 1. The Hall–Kier alpha value is -3.23. The van der Waals surface area contributed by atoms with Crippen LogP contribution in [0.2, 0.25) is 0 Å². The van der Waals surface area contributed by atoms with Crippen molar-refractivity contribution in [1.82, 2.24) is 5.32 Å². The van der Waals surface area contributed by atoms with Crippen LogP contribution in [0.5, 0.6) is 0 Å². The molecule has 124 valence electrons. The molecule has 1 aliphatic carbocycles. The van der Waals surface area contributed by atoms with Crippen molar-refractivity contribution in [2.24, 2.45) is 0 Å². The number of furan rings is 1. The minimum absolute atomic E-state index is 0.119. The van der Waals surface area contributed by atoms with Gasteiger partial charge in [0, 0.05) is 24.1 Å². The lowest BCUT2D eigenvalue weighted by Gasteiger charge is -2.22. The molecule has 1 aliphatic rings. The summed E-state index contributed by atoms with van der Waals surface area (Å²) < 4.78 is 5.34. The fourth-order valence-electron chi connectivity index (χ4n) is 2.82. The molecule has 1 unspecified atom stereocenters. The number of nitrogens with zero attached hydrogens (tertiary/aromatic N) is 2. The maximum atomic E-state index is 12.4. The van der Waals surface area contributed by atoms with Crippen molar-refractivity contribution < 1.29 is 19.1 Å². The number of benzene rings is 1. The number of hydrogen-bond donors (Lipinski definition) is 1. The first kappa shape index (κ1) is 15.7. The van der Waals surface area contributed by atoms with Gasteiger partial charge in [-0.15, -0.1) is 0 Å². The second-order valence-corrected chi connectivity index (χ2v) is 5.47. The smallest absolute Gasteiger partial charge is 0.277 e. The fraction of sp³-hybridized carbons (Fsp3) is 0.267. The summed E-state index contributed by atoms with van der Waals surface area (Å²) in [6, 6.07) is 4.38. The van der Waals surface area contributed by atoms with E-state index in [1.165, 1.54) is 0 Å². The molecule has 0 saturated carbocycles. The van der Waals surface area contributed by atoms with Gasteiger partial charge in [0.2, 0.25) is 0 Å². The quantitative estimate of drug-likeness (QED) is 0.677. The molecule has 2 aromatic rings.